The maximum Gasteiger partial charge on any atom is 0.0609 e. The van der Waals surface area contributed by atoms with Gasteiger partial charge in [-0.2, -0.15) is 0 Å². The van der Waals surface area contributed by atoms with Gasteiger partial charge in [0, 0.05) is 19.8 Å². The van der Waals surface area contributed by atoms with Crippen LogP contribution in [0.25, 0.3) is 0 Å². The van der Waals surface area contributed by atoms with E-state index in [-0.39, 0.29) is 55.5 Å². The van der Waals surface area contributed by atoms with Crippen LogP contribution in [-0.4, -0.2) is 46.4 Å². The van der Waals surface area contributed by atoms with Crippen LogP contribution in [0.1, 0.15) is 32.1 Å². The molecule has 0 saturated heterocycles. The highest BCUT2D eigenvalue weighted by Crippen LogP contribution is 2.62. The summed E-state index contributed by atoms with van der Waals surface area (Å²) in [6.45, 7) is 0.0341. The minimum atomic E-state index is -0.390. The monoisotopic (exact) mass is 284 g/mol. The van der Waals surface area contributed by atoms with Crippen molar-refractivity contribution in [3.05, 3.63) is 0 Å². The standard InChI is InChI=1S/C16H28O4/c17-6-10-11(7-18)14-13(9-4-2-1-3-5-9)15(16(14)20)12(10)8-19/h9-20H,1-8H2. The molecule has 4 heteroatoms. The zero-order valence-electron chi connectivity index (χ0n) is 12.1. The molecule has 4 fully saturated rings. The number of aliphatic hydroxyl groups excluding tert-OH is 4. The molecule has 4 saturated carbocycles. The van der Waals surface area contributed by atoms with Crippen molar-refractivity contribution in [1.29, 1.82) is 0 Å². The van der Waals surface area contributed by atoms with E-state index in [9.17, 15) is 20.4 Å². The van der Waals surface area contributed by atoms with Gasteiger partial charge in [0.1, 0.15) is 0 Å². The lowest BCUT2D eigenvalue weighted by Crippen LogP contribution is -2.68. The van der Waals surface area contributed by atoms with Crippen molar-refractivity contribution in [3.8, 4) is 0 Å². The van der Waals surface area contributed by atoms with Gasteiger partial charge >= 0.3 is 0 Å². The summed E-state index contributed by atoms with van der Waals surface area (Å²) in [5.41, 5.74) is 0. The number of hydrogen-bond acceptors (Lipinski definition) is 4. The first-order chi connectivity index (χ1) is 9.74. The third-order valence-electron chi connectivity index (χ3n) is 6.59. The second-order valence-electron chi connectivity index (χ2n) is 7.16. The molecular formula is C16H28O4. The molecule has 4 aliphatic rings. The normalized spacial score (nSPS) is 48.9. The van der Waals surface area contributed by atoms with Crippen molar-refractivity contribution in [1.82, 2.24) is 0 Å². The number of aliphatic hydroxyl groups is 4. The highest BCUT2D eigenvalue weighted by atomic mass is 16.3. The highest BCUT2D eigenvalue weighted by Gasteiger charge is 2.64. The lowest BCUT2D eigenvalue weighted by atomic mass is 9.41. The lowest BCUT2D eigenvalue weighted by molar-refractivity contribution is -0.250. The Hall–Kier alpha value is -0.160. The minimum absolute atomic E-state index is 0.00750. The fraction of sp³-hybridized carbons (Fsp3) is 1.00. The Morgan fingerprint density at radius 1 is 0.650 bits per heavy atom. The molecule has 20 heavy (non-hydrogen) atoms. The molecular weight excluding hydrogens is 256 g/mol. The SMILES string of the molecule is OCC1C(CO)C2C(O)C(C1CO)C2C1CCCCC1. The Labute approximate surface area is 120 Å². The van der Waals surface area contributed by atoms with Crippen LogP contribution in [0.3, 0.4) is 0 Å². The molecule has 0 aromatic carbocycles. The molecule has 4 nitrogen and oxygen atoms in total. The molecule has 0 radical (unpaired) electrons. The van der Waals surface area contributed by atoms with E-state index in [0.29, 0.717) is 11.8 Å². The van der Waals surface area contributed by atoms with Crippen LogP contribution in [0.15, 0.2) is 0 Å². The van der Waals surface area contributed by atoms with Crippen LogP contribution in [0.2, 0.25) is 0 Å². The van der Waals surface area contributed by atoms with Crippen molar-refractivity contribution < 1.29 is 20.4 Å². The molecule has 2 bridgehead atoms. The average Bonchev–Trinajstić information content (AvgIpc) is 2.52. The van der Waals surface area contributed by atoms with Gasteiger partial charge in [-0.25, -0.2) is 0 Å². The van der Waals surface area contributed by atoms with Crippen molar-refractivity contribution in [2.45, 2.75) is 38.2 Å². The largest absolute Gasteiger partial charge is 0.396 e. The van der Waals surface area contributed by atoms with Gasteiger partial charge in [0.15, 0.2) is 0 Å². The van der Waals surface area contributed by atoms with Crippen LogP contribution in [0.4, 0.5) is 0 Å². The van der Waals surface area contributed by atoms with E-state index in [0.717, 1.165) is 0 Å². The van der Waals surface area contributed by atoms with Crippen LogP contribution in [0, 0.1) is 41.4 Å². The Morgan fingerprint density at radius 2 is 1.15 bits per heavy atom. The second-order valence-corrected chi connectivity index (χ2v) is 7.16. The third-order valence-corrected chi connectivity index (χ3v) is 6.59. The van der Waals surface area contributed by atoms with E-state index in [1.54, 1.807) is 0 Å². The summed E-state index contributed by atoms with van der Waals surface area (Å²) in [5, 5.41) is 39.5. The molecule has 4 atom stereocenters. The summed E-state index contributed by atoms with van der Waals surface area (Å²) in [6.07, 6.45) is 5.92. The molecule has 4 rings (SSSR count). The molecule has 4 unspecified atom stereocenters. The van der Waals surface area contributed by atoms with E-state index in [2.05, 4.69) is 0 Å². The van der Waals surface area contributed by atoms with Gasteiger partial charge in [-0.3, -0.25) is 0 Å². The molecule has 0 aromatic rings. The molecule has 0 aliphatic heterocycles. The van der Waals surface area contributed by atoms with Crippen molar-refractivity contribution in [2.24, 2.45) is 41.4 Å². The Morgan fingerprint density at radius 3 is 1.60 bits per heavy atom. The minimum Gasteiger partial charge on any atom is -0.396 e. The number of hydrogen-bond donors (Lipinski definition) is 4. The maximum absolute atomic E-state index is 10.4. The van der Waals surface area contributed by atoms with Crippen molar-refractivity contribution in [2.75, 3.05) is 19.8 Å². The van der Waals surface area contributed by atoms with E-state index < -0.39 is 0 Å². The van der Waals surface area contributed by atoms with Crippen LogP contribution in [0.5, 0.6) is 0 Å². The Bertz CT molecular complexity index is 308. The van der Waals surface area contributed by atoms with E-state index in [1.807, 2.05) is 0 Å². The summed E-state index contributed by atoms with van der Waals surface area (Å²) < 4.78 is 0. The summed E-state index contributed by atoms with van der Waals surface area (Å²) in [6, 6.07) is 0. The van der Waals surface area contributed by atoms with Crippen LogP contribution in [-0.2, 0) is 0 Å². The fourth-order valence-electron chi connectivity index (χ4n) is 5.72. The van der Waals surface area contributed by atoms with Gasteiger partial charge < -0.3 is 20.4 Å². The highest BCUT2D eigenvalue weighted by molar-refractivity contribution is 5.11. The van der Waals surface area contributed by atoms with Crippen molar-refractivity contribution in [3.63, 3.8) is 0 Å². The van der Waals surface area contributed by atoms with Gasteiger partial charge in [0.25, 0.3) is 0 Å². The molecule has 0 aromatic heterocycles. The number of fused-ring (bicyclic) bond motifs is 2. The van der Waals surface area contributed by atoms with Gasteiger partial charge in [-0.1, -0.05) is 32.1 Å². The fourth-order valence-corrected chi connectivity index (χ4v) is 5.72. The summed E-state index contributed by atoms with van der Waals surface area (Å²) in [5.74, 6) is 1.20. The predicted octanol–water partition coefficient (Wildman–Crippen LogP) is 0.629. The average molecular weight is 284 g/mol. The smallest absolute Gasteiger partial charge is 0.0609 e. The first-order valence-electron chi connectivity index (χ1n) is 8.25. The third kappa shape index (κ3) is 2.04. The van der Waals surface area contributed by atoms with Crippen molar-refractivity contribution >= 4 is 0 Å². The maximum atomic E-state index is 10.4. The van der Waals surface area contributed by atoms with Crippen LogP contribution >= 0.6 is 0 Å². The molecule has 4 aliphatic carbocycles. The zero-order chi connectivity index (χ0) is 14.3. The second kappa shape index (κ2) is 5.91. The predicted molar refractivity (Wildman–Crippen MR) is 74.8 cm³/mol. The summed E-state index contributed by atoms with van der Waals surface area (Å²) in [4.78, 5) is 0. The van der Waals surface area contributed by atoms with E-state index in [4.69, 9.17) is 0 Å². The molecule has 0 amide bonds. The molecule has 0 spiro atoms. The first kappa shape index (κ1) is 14.8. The van der Waals surface area contributed by atoms with Crippen LogP contribution < -0.4 is 0 Å². The number of rotatable bonds is 4. The van der Waals surface area contributed by atoms with E-state index in [1.165, 1.54) is 32.1 Å². The van der Waals surface area contributed by atoms with E-state index >= 15 is 0 Å². The van der Waals surface area contributed by atoms with Gasteiger partial charge in [-0.15, -0.1) is 0 Å². The molecule has 4 N–H and O–H groups in total. The first-order valence-corrected chi connectivity index (χ1v) is 8.25. The van der Waals surface area contributed by atoms with Gasteiger partial charge in [0.05, 0.1) is 6.10 Å². The Balaban J connectivity index is 1.83. The molecule has 0 heterocycles. The lowest BCUT2D eigenvalue weighted by Gasteiger charge is -2.65. The quantitative estimate of drug-likeness (QED) is 0.610. The van der Waals surface area contributed by atoms with Gasteiger partial charge in [-0.05, 0) is 41.4 Å². The topological polar surface area (TPSA) is 80.9 Å². The molecule has 116 valence electrons. The Kier molecular flexibility index (Phi) is 4.37. The summed E-state index contributed by atoms with van der Waals surface area (Å²) >= 11 is 0. The van der Waals surface area contributed by atoms with Gasteiger partial charge in [0.2, 0.25) is 0 Å². The summed E-state index contributed by atoms with van der Waals surface area (Å²) in [7, 11) is 0. The zero-order valence-corrected chi connectivity index (χ0v) is 12.1.